The molecule has 3 aromatic carbocycles. The van der Waals surface area contributed by atoms with E-state index in [2.05, 4.69) is 27.3 Å². The quantitative estimate of drug-likeness (QED) is 0.120. The zero-order valence-electron chi connectivity index (χ0n) is 34.3. The molecule has 0 spiro atoms. The number of hydrogen-bond donors (Lipinski definition) is 1. The number of amides is 1. The molecule has 2 unspecified atom stereocenters. The highest BCUT2D eigenvalue weighted by Crippen LogP contribution is 2.64. The van der Waals surface area contributed by atoms with Crippen LogP contribution in [0.15, 0.2) is 36.4 Å². The van der Waals surface area contributed by atoms with E-state index in [1.54, 1.807) is 14.2 Å². The minimum atomic E-state index is -1.12. The minimum absolute atomic E-state index is 0.00377. The molecular formula is C43H48N4O12S. The van der Waals surface area contributed by atoms with E-state index in [0.29, 0.717) is 65.1 Å². The van der Waals surface area contributed by atoms with Crippen LogP contribution < -0.4 is 29.0 Å². The number of ether oxygens (including phenoxy) is 9. The Hall–Kier alpha value is -5.25. The lowest BCUT2D eigenvalue weighted by atomic mass is 9.71. The van der Waals surface area contributed by atoms with Crippen LogP contribution in [0, 0.1) is 25.2 Å². The number of nitrogens with one attached hydrogen (secondary N) is 1. The number of rotatable bonds is 11. The number of nitrogens with zero attached hydrogens (tertiary/aromatic N) is 3. The summed E-state index contributed by atoms with van der Waals surface area (Å²) in [6.07, 6.45) is -0.276. The smallest absolute Gasteiger partial charge is 0.408 e. The number of alkyl carbamates (subject to hydrolysis) is 1. The van der Waals surface area contributed by atoms with Crippen molar-refractivity contribution in [2.45, 2.75) is 75.3 Å². The highest BCUT2D eigenvalue weighted by molar-refractivity contribution is 7.99. The zero-order chi connectivity index (χ0) is 42.2. The standard InChI is InChI=1S/C43H48N4O12S/c1-22-14-26-15-28-29(16-44)47-30-18-54-42(49)27(45-43(50)55-17-25-10-8-7-9-11-25)19-60-41(33-32(30)40-38(57-21-58-40)23(2)37(33)59-24(3)48)35(47)34(46(28)4)31(26)39(36(22)52-6)56-20-53-13-12-51-5/h7-11,14,27-30,34-35,41H,12-13,15,17-21H2,1-6H3,(H,45,50)/t27?,28-,29-,30+,34+,35?,41+/m0/s1. The van der Waals surface area contributed by atoms with Crippen LogP contribution in [0.4, 0.5) is 4.79 Å². The first-order valence-corrected chi connectivity index (χ1v) is 20.8. The maximum Gasteiger partial charge on any atom is 0.408 e. The average molecular weight is 845 g/mol. The van der Waals surface area contributed by atoms with Crippen LogP contribution in [-0.4, -0.2) is 112 Å². The van der Waals surface area contributed by atoms with Gasteiger partial charge in [0.1, 0.15) is 31.0 Å². The Morgan fingerprint density at radius 3 is 2.53 bits per heavy atom. The molecular weight excluding hydrogens is 797 g/mol. The Balaban J connectivity index is 1.29. The molecule has 4 bridgehead atoms. The predicted octanol–water partition coefficient (Wildman–Crippen LogP) is 4.82. The maximum atomic E-state index is 14.0. The van der Waals surface area contributed by atoms with Gasteiger partial charge in [0.2, 0.25) is 6.79 Å². The van der Waals surface area contributed by atoms with Crippen LogP contribution in [0.25, 0.3) is 0 Å². The largest absolute Gasteiger partial charge is 0.493 e. The van der Waals surface area contributed by atoms with E-state index in [4.69, 9.17) is 42.6 Å². The van der Waals surface area contributed by atoms with E-state index in [1.807, 2.05) is 51.2 Å². The number of likely N-dealkylation sites (N-methyl/N-ethyl adjacent to an activating group) is 1. The summed E-state index contributed by atoms with van der Waals surface area (Å²) in [4.78, 5) is 44.6. The summed E-state index contributed by atoms with van der Waals surface area (Å²) in [5.41, 5.74) is 5.36. The number of esters is 2. The molecule has 6 aliphatic heterocycles. The first-order valence-electron chi connectivity index (χ1n) is 19.8. The molecule has 60 heavy (non-hydrogen) atoms. The first kappa shape index (κ1) is 41.5. The van der Waals surface area contributed by atoms with Crippen molar-refractivity contribution in [3.8, 4) is 34.8 Å². The molecule has 0 aliphatic carbocycles. The molecule has 3 aromatic rings. The molecule has 2 saturated heterocycles. The number of carbonyl (C=O) groups excluding carboxylic acids is 3. The van der Waals surface area contributed by atoms with Gasteiger partial charge in [-0.25, -0.2) is 9.59 Å². The van der Waals surface area contributed by atoms with Crippen LogP contribution >= 0.6 is 11.8 Å². The second kappa shape index (κ2) is 17.4. The number of thioether (sulfide) groups is 1. The third-order valence-electron chi connectivity index (χ3n) is 11.9. The lowest BCUT2D eigenvalue weighted by molar-refractivity contribution is -0.151. The summed E-state index contributed by atoms with van der Waals surface area (Å²) in [5, 5.41) is 13.3. The lowest BCUT2D eigenvalue weighted by Gasteiger charge is -2.61. The number of nitriles is 1. The molecule has 0 aromatic heterocycles. The van der Waals surface area contributed by atoms with E-state index in [1.165, 1.54) is 18.7 Å². The molecule has 17 heteroatoms. The van der Waals surface area contributed by atoms with E-state index >= 15 is 0 Å². The molecule has 9 rings (SSSR count). The summed E-state index contributed by atoms with van der Waals surface area (Å²) in [6, 6.07) is 10.1. The van der Waals surface area contributed by atoms with Gasteiger partial charge in [-0.15, -0.1) is 11.8 Å². The number of benzene rings is 3. The van der Waals surface area contributed by atoms with E-state index < -0.39 is 53.5 Å². The van der Waals surface area contributed by atoms with E-state index in [9.17, 15) is 19.6 Å². The Morgan fingerprint density at radius 2 is 1.80 bits per heavy atom. The number of fused-ring (bicyclic) bond motifs is 10. The van der Waals surface area contributed by atoms with Crippen LogP contribution in [0.3, 0.4) is 0 Å². The van der Waals surface area contributed by atoms with Gasteiger partial charge < -0.3 is 47.9 Å². The molecule has 6 heterocycles. The van der Waals surface area contributed by atoms with Crippen LogP contribution in [0.2, 0.25) is 0 Å². The molecule has 0 saturated carbocycles. The van der Waals surface area contributed by atoms with Crippen molar-refractivity contribution in [2.24, 2.45) is 0 Å². The Bertz CT molecular complexity index is 2200. The Labute approximate surface area is 352 Å². The fourth-order valence-electron chi connectivity index (χ4n) is 9.40. The molecule has 1 amide bonds. The second-order valence-corrected chi connectivity index (χ2v) is 16.5. The highest BCUT2D eigenvalue weighted by Gasteiger charge is 2.61. The minimum Gasteiger partial charge on any atom is -0.493 e. The summed E-state index contributed by atoms with van der Waals surface area (Å²) in [7, 11) is 5.21. The van der Waals surface area contributed by atoms with Crippen molar-refractivity contribution in [1.29, 1.82) is 5.26 Å². The normalized spacial score (nSPS) is 25.1. The second-order valence-electron chi connectivity index (χ2n) is 15.3. The van der Waals surface area contributed by atoms with Crippen molar-refractivity contribution in [2.75, 3.05) is 60.4 Å². The maximum absolute atomic E-state index is 14.0. The molecule has 0 radical (unpaired) electrons. The van der Waals surface area contributed by atoms with Crippen LogP contribution in [0.1, 0.15) is 63.2 Å². The van der Waals surface area contributed by atoms with Gasteiger partial charge in [0, 0.05) is 54.1 Å². The SMILES string of the molecule is COCCOCOc1c(OC)c(C)cc2c1[C@@H]1C3[C@@H]4SCC(NC(=O)OCc5ccccc5)C(=O)OC[C@H](c5c6c(c(C)c(OC(C)=O)c54)OCO6)N3[C@@H](C#N)[C@H](C2)N1C. The van der Waals surface area contributed by atoms with Crippen molar-refractivity contribution in [1.82, 2.24) is 15.1 Å². The van der Waals surface area contributed by atoms with Gasteiger partial charge in [-0.2, -0.15) is 5.26 Å². The third kappa shape index (κ3) is 7.34. The molecule has 6 aliphatic rings. The number of hydrogen-bond acceptors (Lipinski definition) is 16. The summed E-state index contributed by atoms with van der Waals surface area (Å²) >= 11 is 1.38. The Kier molecular flexibility index (Phi) is 12.0. The van der Waals surface area contributed by atoms with Crippen molar-refractivity contribution < 1.29 is 57.0 Å². The van der Waals surface area contributed by atoms with E-state index in [0.717, 1.165) is 22.3 Å². The summed E-state index contributed by atoms with van der Waals surface area (Å²) in [6.45, 7) is 5.45. The fraction of sp³-hybridized carbons (Fsp3) is 0.488. The van der Waals surface area contributed by atoms with Gasteiger partial charge >= 0.3 is 18.0 Å². The Morgan fingerprint density at radius 1 is 1.02 bits per heavy atom. The average Bonchev–Trinajstić information content (AvgIpc) is 3.73. The number of carbonyl (C=O) groups is 3. The monoisotopic (exact) mass is 844 g/mol. The van der Waals surface area contributed by atoms with Gasteiger partial charge in [-0.3, -0.25) is 14.6 Å². The first-order chi connectivity index (χ1) is 29.1. The fourth-order valence-corrected chi connectivity index (χ4v) is 10.9. The van der Waals surface area contributed by atoms with Crippen LogP contribution in [0.5, 0.6) is 28.7 Å². The van der Waals surface area contributed by atoms with Gasteiger partial charge in [-0.1, -0.05) is 36.4 Å². The van der Waals surface area contributed by atoms with Crippen molar-refractivity contribution in [3.05, 3.63) is 75.3 Å². The highest BCUT2D eigenvalue weighted by atomic mass is 32.2. The van der Waals surface area contributed by atoms with Crippen molar-refractivity contribution in [3.63, 3.8) is 0 Å². The molecule has 318 valence electrons. The molecule has 1 N–H and O–H groups in total. The number of aryl methyl sites for hydroxylation is 1. The molecule has 2 fully saturated rings. The van der Waals surface area contributed by atoms with E-state index in [-0.39, 0.29) is 38.6 Å². The lowest BCUT2D eigenvalue weighted by Crippen LogP contribution is -2.69. The topological polar surface area (TPSA) is 177 Å². The van der Waals surface area contributed by atoms with Crippen molar-refractivity contribution >= 4 is 29.8 Å². The summed E-state index contributed by atoms with van der Waals surface area (Å²) in [5.74, 6) is 1.06. The molecule has 16 nitrogen and oxygen atoms in total. The van der Waals surface area contributed by atoms with Gasteiger partial charge in [0.25, 0.3) is 0 Å². The zero-order valence-corrected chi connectivity index (χ0v) is 35.1. The predicted molar refractivity (Wildman–Crippen MR) is 215 cm³/mol. The number of piperazine rings is 1. The third-order valence-corrected chi connectivity index (χ3v) is 13.3. The number of methoxy groups -OCH3 is 2. The summed E-state index contributed by atoms with van der Waals surface area (Å²) < 4.78 is 53.5. The van der Waals surface area contributed by atoms with Gasteiger partial charge in [0.05, 0.1) is 43.7 Å². The van der Waals surface area contributed by atoms with Crippen LogP contribution in [-0.2, 0) is 41.6 Å². The molecule has 7 atom stereocenters. The van der Waals surface area contributed by atoms with Gasteiger partial charge in [0.15, 0.2) is 29.8 Å². The van der Waals surface area contributed by atoms with Gasteiger partial charge in [-0.05, 0) is 44.0 Å².